The van der Waals surface area contributed by atoms with E-state index in [2.05, 4.69) is 21.2 Å². The zero-order chi connectivity index (χ0) is 17.7. The van der Waals surface area contributed by atoms with Crippen LogP contribution >= 0.6 is 28.3 Å². The molecule has 0 spiro atoms. The summed E-state index contributed by atoms with van der Waals surface area (Å²) >= 11 is 3.41. The lowest BCUT2D eigenvalue weighted by Crippen LogP contribution is -2.14. The van der Waals surface area contributed by atoms with Gasteiger partial charge in [-0.05, 0) is 54.8 Å². The van der Waals surface area contributed by atoms with Gasteiger partial charge in [0, 0.05) is 10.9 Å². The molecule has 2 aromatic rings. The van der Waals surface area contributed by atoms with Gasteiger partial charge in [0.2, 0.25) is 5.91 Å². The van der Waals surface area contributed by atoms with E-state index in [1.807, 2.05) is 31.2 Å². The summed E-state index contributed by atoms with van der Waals surface area (Å²) in [6.07, 6.45) is 0.855. The Kier molecular flexibility index (Phi) is 8.06. The average molecular weight is 430 g/mol. The number of carbonyl (C=O) groups is 1. The Balaban J connectivity index is 0.00000312. The Morgan fingerprint density at radius 3 is 2.56 bits per heavy atom. The first kappa shape index (κ1) is 21.1. The monoisotopic (exact) mass is 428 g/mol. The molecule has 0 aliphatic heterocycles. The van der Waals surface area contributed by atoms with Crippen LogP contribution in [-0.2, 0) is 11.2 Å². The second-order valence-corrected chi connectivity index (χ2v) is 6.33. The zero-order valence-corrected chi connectivity index (χ0v) is 16.8. The predicted octanol–water partition coefficient (Wildman–Crippen LogP) is 4.35. The first-order chi connectivity index (χ1) is 11.4. The van der Waals surface area contributed by atoms with Crippen molar-refractivity contribution in [1.29, 1.82) is 0 Å². The molecule has 0 fully saturated rings. The molecular weight excluding hydrogens is 408 g/mol. The van der Waals surface area contributed by atoms with Crippen molar-refractivity contribution < 1.29 is 14.3 Å². The van der Waals surface area contributed by atoms with Crippen LogP contribution < -0.4 is 20.5 Å². The topological polar surface area (TPSA) is 73.6 Å². The van der Waals surface area contributed by atoms with Crippen molar-refractivity contribution in [1.82, 2.24) is 0 Å². The van der Waals surface area contributed by atoms with E-state index in [-0.39, 0.29) is 18.3 Å². The molecular formula is C18H22BrClN2O3. The van der Waals surface area contributed by atoms with Gasteiger partial charge in [0.25, 0.3) is 0 Å². The van der Waals surface area contributed by atoms with Crippen LogP contribution in [0, 0.1) is 6.92 Å². The van der Waals surface area contributed by atoms with E-state index in [0.717, 1.165) is 27.1 Å². The Labute approximate surface area is 162 Å². The van der Waals surface area contributed by atoms with E-state index < -0.39 is 0 Å². The quantitative estimate of drug-likeness (QED) is 0.670. The molecule has 0 unspecified atom stereocenters. The molecule has 0 radical (unpaired) electrons. The maximum absolute atomic E-state index is 12.3. The number of aryl methyl sites for hydroxylation is 2. The minimum absolute atomic E-state index is 0. The third-order valence-corrected chi connectivity index (χ3v) is 4.19. The molecule has 2 aromatic carbocycles. The highest BCUT2D eigenvalue weighted by molar-refractivity contribution is 9.10. The van der Waals surface area contributed by atoms with Gasteiger partial charge in [-0.1, -0.05) is 15.9 Å². The highest BCUT2D eigenvalue weighted by Gasteiger charge is 2.11. The van der Waals surface area contributed by atoms with Crippen LogP contribution in [0.4, 0.5) is 11.4 Å². The molecule has 1 amide bonds. The maximum atomic E-state index is 12.3. The molecule has 5 nitrogen and oxygen atoms in total. The van der Waals surface area contributed by atoms with E-state index >= 15 is 0 Å². The molecule has 3 N–H and O–H groups in total. The van der Waals surface area contributed by atoms with Gasteiger partial charge >= 0.3 is 0 Å². The predicted molar refractivity (Wildman–Crippen MR) is 107 cm³/mol. The van der Waals surface area contributed by atoms with Gasteiger partial charge in [0.05, 0.1) is 25.6 Å². The number of amides is 1. The SMILES string of the molecule is COc1ccc(OC)c(CCC(=O)Nc2cc(Br)cc(C)c2N)c1.Cl. The highest BCUT2D eigenvalue weighted by Crippen LogP contribution is 2.28. The molecule has 0 saturated carbocycles. The van der Waals surface area contributed by atoms with Crippen molar-refractivity contribution in [3.63, 3.8) is 0 Å². The van der Waals surface area contributed by atoms with E-state index in [9.17, 15) is 4.79 Å². The van der Waals surface area contributed by atoms with Crippen molar-refractivity contribution in [2.24, 2.45) is 0 Å². The first-order valence-corrected chi connectivity index (χ1v) is 8.30. The number of rotatable bonds is 6. The number of carbonyl (C=O) groups excluding carboxylic acids is 1. The van der Waals surface area contributed by atoms with Crippen LogP contribution in [0.3, 0.4) is 0 Å². The van der Waals surface area contributed by atoms with Crippen molar-refractivity contribution in [3.05, 3.63) is 45.9 Å². The molecule has 0 saturated heterocycles. The van der Waals surface area contributed by atoms with E-state index in [1.54, 1.807) is 20.3 Å². The van der Waals surface area contributed by atoms with Gasteiger partial charge in [-0.15, -0.1) is 12.4 Å². The number of nitrogen functional groups attached to an aromatic ring is 1. The van der Waals surface area contributed by atoms with Gasteiger partial charge in [-0.2, -0.15) is 0 Å². The van der Waals surface area contributed by atoms with Gasteiger partial charge in [0.1, 0.15) is 11.5 Å². The summed E-state index contributed by atoms with van der Waals surface area (Å²) in [6, 6.07) is 9.25. The number of nitrogens with two attached hydrogens (primary N) is 1. The highest BCUT2D eigenvalue weighted by atomic mass is 79.9. The molecule has 0 bridgehead atoms. The fourth-order valence-corrected chi connectivity index (χ4v) is 2.97. The number of methoxy groups -OCH3 is 2. The van der Waals surface area contributed by atoms with Gasteiger partial charge in [0.15, 0.2) is 0 Å². The molecule has 0 aromatic heterocycles. The van der Waals surface area contributed by atoms with Gasteiger partial charge in [-0.25, -0.2) is 0 Å². The van der Waals surface area contributed by atoms with Crippen molar-refractivity contribution in [2.45, 2.75) is 19.8 Å². The first-order valence-electron chi connectivity index (χ1n) is 7.51. The van der Waals surface area contributed by atoms with Crippen LogP contribution in [0.2, 0.25) is 0 Å². The fraction of sp³-hybridized carbons (Fsp3) is 0.278. The number of nitrogens with one attached hydrogen (secondary N) is 1. The summed E-state index contributed by atoms with van der Waals surface area (Å²) in [5.74, 6) is 1.36. The average Bonchev–Trinajstić information content (AvgIpc) is 2.57. The molecule has 0 aliphatic carbocycles. The molecule has 7 heteroatoms. The summed E-state index contributed by atoms with van der Waals surface area (Å²) in [6.45, 7) is 1.90. The summed E-state index contributed by atoms with van der Waals surface area (Å²) in [5, 5.41) is 2.86. The second-order valence-electron chi connectivity index (χ2n) is 5.41. The summed E-state index contributed by atoms with van der Waals surface area (Å²) < 4.78 is 11.4. The van der Waals surface area contributed by atoms with Crippen LogP contribution in [0.1, 0.15) is 17.5 Å². The van der Waals surface area contributed by atoms with E-state index in [0.29, 0.717) is 24.2 Å². The van der Waals surface area contributed by atoms with Crippen molar-refractivity contribution in [3.8, 4) is 11.5 Å². The number of anilines is 2. The number of halogens is 2. The largest absolute Gasteiger partial charge is 0.497 e. The maximum Gasteiger partial charge on any atom is 0.224 e. The Bertz CT molecular complexity index is 753. The molecule has 0 aliphatic rings. The van der Waals surface area contributed by atoms with Gasteiger partial charge in [-0.3, -0.25) is 4.79 Å². The minimum Gasteiger partial charge on any atom is -0.497 e. The van der Waals surface area contributed by atoms with E-state index in [1.165, 1.54) is 0 Å². The molecule has 2 rings (SSSR count). The normalized spacial score (nSPS) is 9.92. The Morgan fingerprint density at radius 2 is 1.92 bits per heavy atom. The Hall–Kier alpha value is -1.92. The molecule has 0 atom stereocenters. The lowest BCUT2D eigenvalue weighted by atomic mass is 10.1. The lowest BCUT2D eigenvalue weighted by molar-refractivity contribution is -0.116. The number of benzene rings is 2. The number of hydrogen-bond donors (Lipinski definition) is 2. The van der Waals surface area contributed by atoms with Crippen LogP contribution in [-0.4, -0.2) is 20.1 Å². The lowest BCUT2D eigenvalue weighted by Gasteiger charge is -2.12. The summed E-state index contributed by atoms with van der Waals surface area (Å²) in [4.78, 5) is 12.3. The van der Waals surface area contributed by atoms with Crippen molar-refractivity contribution in [2.75, 3.05) is 25.3 Å². The van der Waals surface area contributed by atoms with Crippen LogP contribution in [0.15, 0.2) is 34.8 Å². The molecule has 25 heavy (non-hydrogen) atoms. The summed E-state index contributed by atoms with van der Waals surface area (Å²) in [5.41, 5.74) is 9.04. The minimum atomic E-state index is -0.107. The fourth-order valence-electron chi connectivity index (χ4n) is 2.40. The summed E-state index contributed by atoms with van der Waals surface area (Å²) in [7, 11) is 3.22. The van der Waals surface area contributed by atoms with E-state index in [4.69, 9.17) is 15.2 Å². The van der Waals surface area contributed by atoms with Crippen LogP contribution in [0.5, 0.6) is 11.5 Å². The van der Waals surface area contributed by atoms with Gasteiger partial charge < -0.3 is 20.5 Å². The third kappa shape index (κ3) is 5.54. The number of ether oxygens (including phenoxy) is 2. The zero-order valence-electron chi connectivity index (χ0n) is 14.4. The number of hydrogen-bond acceptors (Lipinski definition) is 4. The van der Waals surface area contributed by atoms with Crippen LogP contribution in [0.25, 0.3) is 0 Å². The third-order valence-electron chi connectivity index (χ3n) is 3.73. The Morgan fingerprint density at radius 1 is 1.20 bits per heavy atom. The molecule has 136 valence electrons. The standard InChI is InChI=1S/C18H21BrN2O3.ClH/c1-11-8-13(19)10-15(18(11)20)21-17(22)7-4-12-9-14(23-2)5-6-16(12)24-3;/h5-6,8-10H,4,7,20H2,1-3H3,(H,21,22);1H. The second kappa shape index (κ2) is 9.53. The smallest absolute Gasteiger partial charge is 0.224 e. The van der Waals surface area contributed by atoms with Crippen molar-refractivity contribution >= 4 is 45.6 Å². The molecule has 0 heterocycles.